The summed E-state index contributed by atoms with van der Waals surface area (Å²) < 4.78 is 12.9. The molecule has 0 aliphatic rings. The van der Waals surface area contributed by atoms with Crippen LogP contribution in [-0.2, 0) is 6.42 Å². The fourth-order valence-electron chi connectivity index (χ4n) is 1.41. The molecule has 0 bridgehead atoms. The van der Waals surface area contributed by atoms with Crippen LogP contribution in [0.15, 0.2) is 36.0 Å². The minimum absolute atomic E-state index is 0.166. The average Bonchev–Trinajstić information content (AvgIpc) is 2.70. The number of hydrogen-bond donors (Lipinski definition) is 1. The predicted octanol–water partition coefficient (Wildman–Crippen LogP) is 2.52. The number of nitrogens with zero attached hydrogens (tertiary/aromatic N) is 1. The molecule has 1 heterocycles. The van der Waals surface area contributed by atoms with Gasteiger partial charge in [-0.1, -0.05) is 12.1 Å². The number of aromatic nitrogens is 1. The first-order valence-electron chi connectivity index (χ1n) is 4.64. The SMILES string of the molecule is NC(Cc1cncs1)c1cccc(F)c1. The van der Waals surface area contributed by atoms with Gasteiger partial charge in [0.2, 0.25) is 0 Å². The van der Waals surface area contributed by atoms with Gasteiger partial charge >= 0.3 is 0 Å². The lowest BCUT2D eigenvalue weighted by Gasteiger charge is -2.10. The van der Waals surface area contributed by atoms with Gasteiger partial charge in [-0.05, 0) is 17.7 Å². The molecule has 2 aromatic rings. The van der Waals surface area contributed by atoms with Crippen molar-refractivity contribution in [3.63, 3.8) is 0 Å². The van der Waals surface area contributed by atoms with E-state index in [1.165, 1.54) is 12.1 Å². The molecule has 1 atom stereocenters. The van der Waals surface area contributed by atoms with Crippen molar-refractivity contribution in [1.29, 1.82) is 0 Å². The monoisotopic (exact) mass is 222 g/mol. The van der Waals surface area contributed by atoms with Crippen LogP contribution >= 0.6 is 11.3 Å². The molecule has 1 aromatic heterocycles. The van der Waals surface area contributed by atoms with Crippen molar-refractivity contribution in [2.24, 2.45) is 5.73 Å². The van der Waals surface area contributed by atoms with Crippen LogP contribution in [0.25, 0.3) is 0 Å². The zero-order valence-electron chi connectivity index (χ0n) is 8.06. The second kappa shape index (κ2) is 4.51. The van der Waals surface area contributed by atoms with Crippen LogP contribution in [0.2, 0.25) is 0 Å². The zero-order valence-corrected chi connectivity index (χ0v) is 8.88. The number of thiazole rings is 1. The molecule has 0 saturated heterocycles. The number of hydrogen-bond acceptors (Lipinski definition) is 3. The van der Waals surface area contributed by atoms with Gasteiger partial charge in [0.05, 0.1) is 5.51 Å². The molecule has 0 saturated carbocycles. The van der Waals surface area contributed by atoms with Crippen LogP contribution in [0, 0.1) is 5.82 Å². The van der Waals surface area contributed by atoms with Gasteiger partial charge in [-0.3, -0.25) is 4.98 Å². The Balaban J connectivity index is 2.11. The third-order valence-corrected chi connectivity index (χ3v) is 2.98. The number of nitrogens with two attached hydrogens (primary N) is 1. The van der Waals surface area contributed by atoms with Gasteiger partial charge in [0.15, 0.2) is 0 Å². The summed E-state index contributed by atoms with van der Waals surface area (Å²) in [5, 5.41) is 0. The molecule has 0 aliphatic carbocycles. The predicted molar refractivity (Wildman–Crippen MR) is 59.1 cm³/mol. The fourth-order valence-corrected chi connectivity index (χ4v) is 2.07. The first kappa shape index (κ1) is 10.3. The highest BCUT2D eigenvalue weighted by Crippen LogP contribution is 2.18. The Morgan fingerprint density at radius 1 is 1.47 bits per heavy atom. The summed E-state index contributed by atoms with van der Waals surface area (Å²) in [7, 11) is 0. The second-order valence-corrected chi connectivity index (χ2v) is 4.30. The molecule has 1 aromatic carbocycles. The normalized spacial score (nSPS) is 12.7. The van der Waals surface area contributed by atoms with E-state index in [2.05, 4.69) is 4.98 Å². The summed E-state index contributed by atoms with van der Waals surface area (Å²) in [6.07, 6.45) is 2.50. The summed E-state index contributed by atoms with van der Waals surface area (Å²) in [6.45, 7) is 0. The third kappa shape index (κ3) is 2.61. The zero-order chi connectivity index (χ0) is 10.7. The summed E-state index contributed by atoms with van der Waals surface area (Å²) >= 11 is 1.57. The van der Waals surface area contributed by atoms with Gasteiger partial charge in [0.25, 0.3) is 0 Å². The van der Waals surface area contributed by atoms with Crippen LogP contribution in [0.5, 0.6) is 0 Å². The molecule has 15 heavy (non-hydrogen) atoms. The number of halogens is 1. The standard InChI is InChI=1S/C11H11FN2S/c12-9-3-1-2-8(4-9)11(13)5-10-6-14-7-15-10/h1-4,6-7,11H,5,13H2. The van der Waals surface area contributed by atoms with Crippen molar-refractivity contribution >= 4 is 11.3 Å². The molecule has 2 nitrogen and oxygen atoms in total. The summed E-state index contributed by atoms with van der Waals surface area (Å²) in [6, 6.07) is 6.25. The lowest BCUT2D eigenvalue weighted by Crippen LogP contribution is -2.12. The van der Waals surface area contributed by atoms with E-state index >= 15 is 0 Å². The highest BCUT2D eigenvalue weighted by molar-refractivity contribution is 7.09. The van der Waals surface area contributed by atoms with E-state index in [0.717, 1.165) is 10.4 Å². The molecule has 4 heteroatoms. The van der Waals surface area contributed by atoms with E-state index in [4.69, 9.17) is 5.73 Å². The molecule has 0 radical (unpaired) electrons. The first-order valence-corrected chi connectivity index (χ1v) is 5.52. The molecular formula is C11H11FN2S. The largest absolute Gasteiger partial charge is 0.324 e. The molecule has 0 fully saturated rings. The maximum Gasteiger partial charge on any atom is 0.123 e. The highest BCUT2D eigenvalue weighted by atomic mass is 32.1. The second-order valence-electron chi connectivity index (χ2n) is 3.33. The van der Waals surface area contributed by atoms with E-state index in [1.807, 2.05) is 6.07 Å². The molecule has 0 aliphatic heterocycles. The Morgan fingerprint density at radius 2 is 2.33 bits per heavy atom. The average molecular weight is 222 g/mol. The van der Waals surface area contributed by atoms with E-state index < -0.39 is 0 Å². The summed E-state index contributed by atoms with van der Waals surface area (Å²) in [5.74, 6) is -0.243. The number of rotatable bonds is 3. The number of benzene rings is 1. The quantitative estimate of drug-likeness (QED) is 0.866. The maximum atomic E-state index is 12.9. The Bertz CT molecular complexity index is 428. The van der Waals surface area contributed by atoms with E-state index in [9.17, 15) is 4.39 Å². The maximum absolute atomic E-state index is 12.9. The Hall–Kier alpha value is -1.26. The van der Waals surface area contributed by atoms with Gasteiger partial charge in [0.1, 0.15) is 5.82 Å². The van der Waals surface area contributed by atoms with Crippen molar-refractivity contribution in [2.45, 2.75) is 12.5 Å². The molecule has 78 valence electrons. The van der Waals surface area contributed by atoms with Crippen LogP contribution in [0.3, 0.4) is 0 Å². The van der Waals surface area contributed by atoms with E-state index in [1.54, 1.807) is 29.1 Å². The van der Waals surface area contributed by atoms with Crippen LogP contribution in [0.4, 0.5) is 4.39 Å². The van der Waals surface area contributed by atoms with Crippen molar-refractivity contribution in [3.05, 3.63) is 52.2 Å². The van der Waals surface area contributed by atoms with Gasteiger partial charge < -0.3 is 5.73 Å². The van der Waals surface area contributed by atoms with E-state index in [-0.39, 0.29) is 11.9 Å². The first-order chi connectivity index (χ1) is 7.25. The highest BCUT2D eigenvalue weighted by Gasteiger charge is 2.08. The Morgan fingerprint density at radius 3 is 3.00 bits per heavy atom. The minimum Gasteiger partial charge on any atom is -0.324 e. The lowest BCUT2D eigenvalue weighted by molar-refractivity contribution is 0.619. The lowest BCUT2D eigenvalue weighted by atomic mass is 10.0. The van der Waals surface area contributed by atoms with Gasteiger partial charge in [-0.2, -0.15) is 0 Å². The van der Waals surface area contributed by atoms with E-state index in [0.29, 0.717) is 6.42 Å². The Kier molecular flexibility index (Phi) is 3.08. The van der Waals surface area contributed by atoms with Crippen molar-refractivity contribution in [3.8, 4) is 0 Å². The smallest absolute Gasteiger partial charge is 0.123 e. The third-order valence-electron chi connectivity index (χ3n) is 2.18. The van der Waals surface area contributed by atoms with Gasteiger partial charge in [0, 0.05) is 23.5 Å². The Labute approximate surface area is 91.6 Å². The van der Waals surface area contributed by atoms with Crippen LogP contribution < -0.4 is 5.73 Å². The summed E-state index contributed by atoms with van der Waals surface area (Å²) in [4.78, 5) is 5.09. The van der Waals surface area contributed by atoms with Gasteiger partial charge in [-0.25, -0.2) is 4.39 Å². The molecule has 0 spiro atoms. The molecule has 1 unspecified atom stereocenters. The fraction of sp³-hybridized carbons (Fsp3) is 0.182. The molecule has 2 N–H and O–H groups in total. The topological polar surface area (TPSA) is 38.9 Å². The van der Waals surface area contributed by atoms with Crippen molar-refractivity contribution < 1.29 is 4.39 Å². The molecular weight excluding hydrogens is 211 g/mol. The molecule has 0 amide bonds. The van der Waals surface area contributed by atoms with Crippen molar-refractivity contribution in [1.82, 2.24) is 4.98 Å². The van der Waals surface area contributed by atoms with Gasteiger partial charge in [-0.15, -0.1) is 11.3 Å². The minimum atomic E-state index is -0.243. The summed E-state index contributed by atoms with van der Waals surface area (Å²) in [5.41, 5.74) is 8.56. The van der Waals surface area contributed by atoms with Crippen LogP contribution in [-0.4, -0.2) is 4.98 Å². The molecule has 2 rings (SSSR count). The van der Waals surface area contributed by atoms with Crippen LogP contribution in [0.1, 0.15) is 16.5 Å². The van der Waals surface area contributed by atoms with Crippen molar-refractivity contribution in [2.75, 3.05) is 0 Å².